The number of carbonyl (C=O) groups is 1. The maximum absolute atomic E-state index is 12.8. The van der Waals surface area contributed by atoms with Crippen LogP contribution < -0.4 is 5.32 Å². The molecule has 5 nitrogen and oxygen atoms in total. The van der Waals surface area contributed by atoms with E-state index in [2.05, 4.69) is 39.7 Å². The van der Waals surface area contributed by atoms with Gasteiger partial charge in [-0.25, -0.2) is 0 Å². The summed E-state index contributed by atoms with van der Waals surface area (Å²) in [6.07, 6.45) is 2.14. The molecule has 0 atom stereocenters. The molecule has 2 aromatic heterocycles. The molecule has 0 saturated carbocycles. The number of benzene rings is 2. The molecular weight excluding hydrogens is 372 g/mol. The molecule has 0 bridgehead atoms. The predicted octanol–water partition coefficient (Wildman–Crippen LogP) is 4.32. The van der Waals surface area contributed by atoms with Crippen molar-refractivity contribution in [2.24, 2.45) is 7.05 Å². The van der Waals surface area contributed by atoms with Crippen molar-refractivity contribution >= 4 is 5.91 Å². The summed E-state index contributed by atoms with van der Waals surface area (Å²) in [7, 11) is 1.89. The molecule has 0 unspecified atom stereocenters. The molecule has 0 radical (unpaired) electrons. The Labute approximate surface area is 176 Å². The van der Waals surface area contributed by atoms with Crippen molar-refractivity contribution in [1.29, 1.82) is 0 Å². The van der Waals surface area contributed by atoms with Crippen molar-refractivity contribution in [3.63, 3.8) is 0 Å². The Hall–Kier alpha value is -3.73. The third kappa shape index (κ3) is 4.63. The van der Waals surface area contributed by atoms with Crippen molar-refractivity contribution in [3.05, 3.63) is 108 Å². The highest BCUT2D eigenvalue weighted by Crippen LogP contribution is 2.27. The van der Waals surface area contributed by atoms with Crippen LogP contribution in [-0.4, -0.2) is 20.7 Å². The van der Waals surface area contributed by atoms with Crippen LogP contribution in [-0.2, 0) is 18.4 Å². The Balaban J connectivity index is 1.45. The standard InChI is InChI=1S/C25H24N4O/c1-29-24(23-14-8-9-15-26-23)16-21(28-29)18-27-25(30)17-22(19-10-4-2-5-11-19)20-12-6-3-7-13-20/h2-16,22H,17-18H2,1H3,(H,27,30). The lowest BCUT2D eigenvalue weighted by atomic mass is 9.88. The lowest BCUT2D eigenvalue weighted by molar-refractivity contribution is -0.121. The molecule has 2 aromatic carbocycles. The van der Waals surface area contributed by atoms with Crippen LogP contribution >= 0.6 is 0 Å². The summed E-state index contributed by atoms with van der Waals surface area (Å²) in [4.78, 5) is 17.2. The van der Waals surface area contributed by atoms with E-state index < -0.39 is 0 Å². The van der Waals surface area contributed by atoms with E-state index in [1.807, 2.05) is 67.7 Å². The molecule has 1 amide bonds. The Kier molecular flexibility index (Phi) is 5.99. The average molecular weight is 396 g/mol. The van der Waals surface area contributed by atoms with Crippen LogP contribution in [0.3, 0.4) is 0 Å². The smallest absolute Gasteiger partial charge is 0.221 e. The van der Waals surface area contributed by atoms with E-state index in [4.69, 9.17) is 0 Å². The normalized spacial score (nSPS) is 10.9. The third-order valence-electron chi connectivity index (χ3n) is 5.12. The van der Waals surface area contributed by atoms with Crippen LogP contribution in [0.5, 0.6) is 0 Å². The summed E-state index contributed by atoms with van der Waals surface area (Å²) < 4.78 is 1.79. The predicted molar refractivity (Wildman–Crippen MR) is 118 cm³/mol. The van der Waals surface area contributed by atoms with Crippen molar-refractivity contribution in [1.82, 2.24) is 20.1 Å². The summed E-state index contributed by atoms with van der Waals surface area (Å²) in [6, 6.07) is 28.1. The zero-order chi connectivity index (χ0) is 20.8. The van der Waals surface area contributed by atoms with Crippen LogP contribution in [0.2, 0.25) is 0 Å². The first-order valence-corrected chi connectivity index (χ1v) is 10.0. The Bertz CT molecular complexity index is 1050. The van der Waals surface area contributed by atoms with Gasteiger partial charge in [0.1, 0.15) is 0 Å². The van der Waals surface area contributed by atoms with E-state index in [9.17, 15) is 4.79 Å². The summed E-state index contributed by atoms with van der Waals surface area (Å²) in [5, 5.41) is 7.54. The number of nitrogens with zero attached hydrogens (tertiary/aromatic N) is 3. The van der Waals surface area contributed by atoms with Gasteiger partial charge in [-0.15, -0.1) is 0 Å². The van der Waals surface area contributed by atoms with E-state index in [-0.39, 0.29) is 11.8 Å². The largest absolute Gasteiger partial charge is 0.350 e. The van der Waals surface area contributed by atoms with Gasteiger partial charge in [0.2, 0.25) is 5.91 Å². The molecule has 0 spiro atoms. The zero-order valence-electron chi connectivity index (χ0n) is 16.9. The number of hydrogen-bond donors (Lipinski definition) is 1. The van der Waals surface area contributed by atoms with Crippen molar-refractivity contribution in [3.8, 4) is 11.4 Å². The molecule has 30 heavy (non-hydrogen) atoms. The number of carbonyl (C=O) groups excluding carboxylic acids is 1. The number of pyridine rings is 1. The van der Waals surface area contributed by atoms with Gasteiger partial charge in [-0.3, -0.25) is 14.5 Å². The minimum atomic E-state index is -0.00209. The fourth-order valence-corrected chi connectivity index (χ4v) is 3.61. The molecule has 0 aliphatic rings. The lowest BCUT2D eigenvalue weighted by Crippen LogP contribution is -2.25. The Morgan fingerprint density at radius 2 is 1.57 bits per heavy atom. The zero-order valence-corrected chi connectivity index (χ0v) is 16.9. The van der Waals surface area contributed by atoms with E-state index >= 15 is 0 Å². The number of aromatic nitrogens is 3. The molecule has 2 heterocycles. The Morgan fingerprint density at radius 3 is 2.17 bits per heavy atom. The van der Waals surface area contributed by atoms with Crippen LogP contribution in [0.4, 0.5) is 0 Å². The van der Waals surface area contributed by atoms with Crippen molar-refractivity contribution in [2.75, 3.05) is 0 Å². The molecule has 4 rings (SSSR count). The van der Waals surface area contributed by atoms with E-state index in [1.54, 1.807) is 10.9 Å². The maximum atomic E-state index is 12.8. The van der Waals surface area contributed by atoms with Crippen LogP contribution in [0, 0.1) is 0 Å². The molecule has 1 N–H and O–H groups in total. The summed E-state index contributed by atoms with van der Waals surface area (Å²) in [5.74, 6) is 0.0120. The number of rotatable bonds is 7. The van der Waals surface area contributed by atoms with Crippen LogP contribution in [0.15, 0.2) is 91.1 Å². The lowest BCUT2D eigenvalue weighted by Gasteiger charge is -2.17. The van der Waals surface area contributed by atoms with Gasteiger partial charge < -0.3 is 5.32 Å². The highest BCUT2D eigenvalue weighted by atomic mass is 16.1. The Morgan fingerprint density at radius 1 is 0.933 bits per heavy atom. The first kappa shape index (κ1) is 19.6. The minimum Gasteiger partial charge on any atom is -0.350 e. The first-order valence-electron chi connectivity index (χ1n) is 10.0. The van der Waals surface area contributed by atoms with Crippen molar-refractivity contribution < 1.29 is 4.79 Å². The van der Waals surface area contributed by atoms with E-state index in [1.165, 1.54) is 0 Å². The topological polar surface area (TPSA) is 59.8 Å². The highest BCUT2D eigenvalue weighted by molar-refractivity contribution is 5.77. The fourth-order valence-electron chi connectivity index (χ4n) is 3.61. The highest BCUT2D eigenvalue weighted by Gasteiger charge is 2.18. The molecule has 5 heteroatoms. The molecular formula is C25H24N4O. The second kappa shape index (κ2) is 9.18. The molecule has 0 saturated heterocycles. The van der Waals surface area contributed by atoms with E-state index in [0.29, 0.717) is 13.0 Å². The molecule has 0 aliphatic heterocycles. The summed E-state index contributed by atoms with van der Waals surface area (Å²) >= 11 is 0. The van der Waals surface area contributed by atoms with Gasteiger partial charge in [0.15, 0.2) is 0 Å². The molecule has 0 aliphatic carbocycles. The van der Waals surface area contributed by atoms with Gasteiger partial charge in [0.25, 0.3) is 0 Å². The quantitative estimate of drug-likeness (QED) is 0.506. The number of hydrogen-bond acceptors (Lipinski definition) is 3. The van der Waals surface area contributed by atoms with Gasteiger partial charge >= 0.3 is 0 Å². The average Bonchev–Trinajstić information content (AvgIpc) is 3.18. The van der Waals surface area contributed by atoms with Gasteiger partial charge in [-0.05, 0) is 29.3 Å². The minimum absolute atomic E-state index is 0.00209. The number of aryl methyl sites for hydroxylation is 1. The van der Waals surface area contributed by atoms with Crippen LogP contribution in [0.1, 0.15) is 29.2 Å². The second-order valence-corrected chi connectivity index (χ2v) is 7.21. The van der Waals surface area contributed by atoms with E-state index in [0.717, 1.165) is 28.2 Å². The molecule has 150 valence electrons. The van der Waals surface area contributed by atoms with Crippen molar-refractivity contribution in [2.45, 2.75) is 18.9 Å². The molecule has 0 fully saturated rings. The monoisotopic (exact) mass is 396 g/mol. The fraction of sp³-hybridized carbons (Fsp3) is 0.160. The molecule has 4 aromatic rings. The number of nitrogens with one attached hydrogen (secondary N) is 1. The maximum Gasteiger partial charge on any atom is 0.221 e. The number of amides is 1. The van der Waals surface area contributed by atoms with Crippen LogP contribution in [0.25, 0.3) is 11.4 Å². The second-order valence-electron chi connectivity index (χ2n) is 7.21. The van der Waals surface area contributed by atoms with Gasteiger partial charge in [-0.1, -0.05) is 66.7 Å². The van der Waals surface area contributed by atoms with Gasteiger partial charge in [-0.2, -0.15) is 5.10 Å². The first-order chi connectivity index (χ1) is 14.7. The van der Waals surface area contributed by atoms with Gasteiger partial charge in [0, 0.05) is 25.6 Å². The third-order valence-corrected chi connectivity index (χ3v) is 5.12. The summed E-state index contributed by atoms with van der Waals surface area (Å²) in [6.45, 7) is 0.385. The summed E-state index contributed by atoms with van der Waals surface area (Å²) in [5.41, 5.74) is 4.86. The SMILES string of the molecule is Cn1nc(CNC(=O)CC(c2ccccc2)c2ccccc2)cc1-c1ccccn1. The van der Waals surface area contributed by atoms with Gasteiger partial charge in [0.05, 0.1) is 23.6 Å².